The van der Waals surface area contributed by atoms with Gasteiger partial charge in [0.2, 0.25) is 0 Å². The van der Waals surface area contributed by atoms with Crippen LogP contribution in [0.2, 0.25) is 0 Å². The van der Waals surface area contributed by atoms with E-state index in [0.717, 1.165) is 10.8 Å². The highest BCUT2D eigenvalue weighted by Crippen LogP contribution is 2.14. The Morgan fingerprint density at radius 1 is 1.67 bits per heavy atom. The summed E-state index contributed by atoms with van der Waals surface area (Å²) < 4.78 is 0. The zero-order chi connectivity index (χ0) is 6.69. The number of thiol groups is 1. The second kappa shape index (κ2) is 2.98. The zero-order valence-corrected chi connectivity index (χ0v) is 6.21. The van der Waals surface area contributed by atoms with Gasteiger partial charge in [0.25, 0.3) is 5.56 Å². The highest BCUT2D eigenvalue weighted by molar-refractivity contribution is 8.68. The van der Waals surface area contributed by atoms with Crippen LogP contribution in [0.25, 0.3) is 0 Å². The molecule has 0 aliphatic heterocycles. The molecule has 1 N–H and O–H groups in total. The Morgan fingerprint density at radius 2 is 2.44 bits per heavy atom. The van der Waals surface area contributed by atoms with Crippen LogP contribution >= 0.6 is 22.5 Å². The van der Waals surface area contributed by atoms with Crippen LogP contribution in [0.1, 0.15) is 0 Å². The van der Waals surface area contributed by atoms with Gasteiger partial charge in [-0.05, 0) is 12.1 Å². The molecule has 1 rings (SSSR count). The molecule has 0 saturated heterocycles. The van der Waals surface area contributed by atoms with Crippen LogP contribution in [0, 0.1) is 0 Å². The molecule has 2 nitrogen and oxygen atoms in total. The summed E-state index contributed by atoms with van der Waals surface area (Å²) in [5.74, 6) is 0. The van der Waals surface area contributed by atoms with Crippen LogP contribution in [0.3, 0.4) is 0 Å². The maximum absolute atomic E-state index is 10.7. The lowest BCUT2D eigenvalue weighted by Crippen LogP contribution is -2.04. The van der Waals surface area contributed by atoms with Gasteiger partial charge in [0.1, 0.15) is 0 Å². The minimum Gasteiger partial charge on any atom is -0.328 e. The molecule has 0 aromatic carbocycles. The fourth-order valence-corrected chi connectivity index (χ4v) is 1.19. The maximum Gasteiger partial charge on any atom is 0.262 e. The van der Waals surface area contributed by atoms with Crippen LogP contribution < -0.4 is 5.56 Å². The summed E-state index contributed by atoms with van der Waals surface area (Å²) in [4.78, 5) is 13.9. The topological polar surface area (TPSA) is 32.9 Å². The van der Waals surface area contributed by atoms with Crippen LogP contribution in [0.4, 0.5) is 0 Å². The van der Waals surface area contributed by atoms with Gasteiger partial charge in [0, 0.05) is 6.20 Å². The summed E-state index contributed by atoms with van der Waals surface area (Å²) in [5.41, 5.74) is -0.0856. The second-order valence-electron chi connectivity index (χ2n) is 1.45. The minimum absolute atomic E-state index is 0.0856. The van der Waals surface area contributed by atoms with E-state index in [1.165, 1.54) is 0 Å². The third-order valence-corrected chi connectivity index (χ3v) is 1.99. The van der Waals surface area contributed by atoms with E-state index >= 15 is 0 Å². The Kier molecular flexibility index (Phi) is 2.24. The first-order valence-corrected chi connectivity index (χ1v) is 4.20. The Bertz CT molecular complexity index is 245. The highest BCUT2D eigenvalue weighted by Gasteiger charge is 1.91. The predicted molar refractivity (Wildman–Crippen MR) is 41.9 cm³/mol. The molecule has 48 valence electrons. The SMILES string of the molecule is O=c1[nH]cccc1SS. The third kappa shape index (κ3) is 1.53. The monoisotopic (exact) mass is 159 g/mol. The van der Waals surface area contributed by atoms with E-state index in [-0.39, 0.29) is 5.56 Å². The molecule has 1 heterocycles. The van der Waals surface area contributed by atoms with Crippen molar-refractivity contribution in [3.63, 3.8) is 0 Å². The predicted octanol–water partition coefficient (Wildman–Crippen LogP) is 1.31. The van der Waals surface area contributed by atoms with Crippen molar-refractivity contribution in [1.82, 2.24) is 4.98 Å². The smallest absolute Gasteiger partial charge is 0.262 e. The van der Waals surface area contributed by atoms with Crippen molar-refractivity contribution in [2.75, 3.05) is 0 Å². The third-order valence-electron chi connectivity index (χ3n) is 0.880. The summed E-state index contributed by atoms with van der Waals surface area (Å²) in [6, 6.07) is 3.48. The quantitative estimate of drug-likeness (QED) is 0.478. The molecule has 9 heavy (non-hydrogen) atoms. The number of nitrogens with one attached hydrogen (secondary N) is 1. The minimum atomic E-state index is -0.0856. The van der Waals surface area contributed by atoms with E-state index < -0.39 is 0 Å². The van der Waals surface area contributed by atoms with Crippen LogP contribution in [0.5, 0.6) is 0 Å². The van der Waals surface area contributed by atoms with Crippen molar-refractivity contribution in [2.24, 2.45) is 0 Å². The van der Waals surface area contributed by atoms with Gasteiger partial charge in [0.05, 0.1) is 4.90 Å². The van der Waals surface area contributed by atoms with Crippen molar-refractivity contribution in [2.45, 2.75) is 4.90 Å². The molecule has 0 amide bonds. The molecule has 0 aliphatic carbocycles. The first-order valence-electron chi connectivity index (χ1n) is 2.33. The Labute approximate surface area is 61.5 Å². The number of aromatic amines is 1. The fourth-order valence-electron chi connectivity index (χ4n) is 0.478. The lowest BCUT2D eigenvalue weighted by Gasteiger charge is -1.88. The van der Waals surface area contributed by atoms with Gasteiger partial charge < -0.3 is 4.98 Å². The van der Waals surface area contributed by atoms with E-state index in [9.17, 15) is 4.79 Å². The molecular formula is C5H5NOS2. The zero-order valence-electron chi connectivity index (χ0n) is 4.50. The molecule has 4 heteroatoms. The van der Waals surface area contributed by atoms with Crippen molar-refractivity contribution in [1.29, 1.82) is 0 Å². The van der Waals surface area contributed by atoms with Crippen LogP contribution in [-0.2, 0) is 0 Å². The molecule has 0 radical (unpaired) electrons. The molecule has 0 saturated carbocycles. The van der Waals surface area contributed by atoms with Gasteiger partial charge in [-0.2, -0.15) is 0 Å². The number of pyridine rings is 1. The molecule has 1 aromatic rings. The first kappa shape index (κ1) is 6.77. The van der Waals surface area contributed by atoms with Crippen molar-refractivity contribution in [3.8, 4) is 0 Å². The standard InChI is InChI=1S/C5H5NOS2/c7-5-4(9-8)2-1-3-6-5/h1-3,8H,(H,6,7). The molecule has 0 fully saturated rings. The molecule has 0 bridgehead atoms. The lowest BCUT2D eigenvalue weighted by molar-refractivity contribution is 1.15. The average molecular weight is 159 g/mol. The van der Waals surface area contributed by atoms with E-state index in [4.69, 9.17) is 0 Å². The van der Waals surface area contributed by atoms with Crippen molar-refractivity contribution in [3.05, 3.63) is 28.7 Å². The van der Waals surface area contributed by atoms with E-state index in [1.807, 2.05) is 0 Å². The summed E-state index contributed by atoms with van der Waals surface area (Å²) in [7, 11) is 1.15. The number of hydrogen-bond donors (Lipinski definition) is 2. The first-order chi connectivity index (χ1) is 4.34. The molecule has 0 aliphatic rings. The van der Waals surface area contributed by atoms with E-state index in [2.05, 4.69) is 16.6 Å². The summed E-state index contributed by atoms with van der Waals surface area (Å²) in [5, 5.41) is 0. The number of rotatable bonds is 1. The Morgan fingerprint density at radius 3 is 2.89 bits per heavy atom. The molecule has 0 atom stereocenters. The number of hydrogen-bond acceptors (Lipinski definition) is 3. The largest absolute Gasteiger partial charge is 0.328 e. The van der Waals surface area contributed by atoms with Crippen LogP contribution in [0.15, 0.2) is 28.0 Å². The molecule has 0 unspecified atom stereocenters. The average Bonchev–Trinajstić information content (AvgIpc) is 1.89. The van der Waals surface area contributed by atoms with Gasteiger partial charge in [-0.1, -0.05) is 10.8 Å². The van der Waals surface area contributed by atoms with Crippen molar-refractivity contribution >= 4 is 22.5 Å². The fraction of sp³-hybridized carbons (Fsp3) is 0. The van der Waals surface area contributed by atoms with E-state index in [1.54, 1.807) is 18.3 Å². The highest BCUT2D eigenvalue weighted by atomic mass is 33.1. The lowest BCUT2D eigenvalue weighted by atomic mass is 10.5. The normalized spacial score (nSPS) is 9.44. The van der Waals surface area contributed by atoms with Crippen LogP contribution in [-0.4, -0.2) is 4.98 Å². The van der Waals surface area contributed by atoms with Crippen molar-refractivity contribution < 1.29 is 0 Å². The maximum atomic E-state index is 10.7. The Balaban J connectivity index is 3.16. The number of aromatic nitrogens is 1. The van der Waals surface area contributed by atoms with Gasteiger partial charge >= 0.3 is 0 Å². The second-order valence-corrected chi connectivity index (χ2v) is 2.62. The summed E-state index contributed by atoms with van der Waals surface area (Å²) >= 11 is 3.88. The number of H-pyrrole nitrogens is 1. The van der Waals surface area contributed by atoms with Gasteiger partial charge in [0.15, 0.2) is 0 Å². The summed E-state index contributed by atoms with van der Waals surface area (Å²) in [6.45, 7) is 0. The summed E-state index contributed by atoms with van der Waals surface area (Å²) in [6.07, 6.45) is 1.59. The van der Waals surface area contributed by atoms with Gasteiger partial charge in [-0.25, -0.2) is 0 Å². The molecule has 0 spiro atoms. The molecular weight excluding hydrogens is 154 g/mol. The molecule has 1 aromatic heterocycles. The van der Waals surface area contributed by atoms with Gasteiger partial charge in [-0.3, -0.25) is 4.79 Å². The van der Waals surface area contributed by atoms with E-state index in [0.29, 0.717) is 4.90 Å². The Hall–Kier alpha value is -0.350. The van der Waals surface area contributed by atoms with Gasteiger partial charge in [-0.15, -0.1) is 11.7 Å².